The summed E-state index contributed by atoms with van der Waals surface area (Å²) in [5.74, 6) is 1.22. The Morgan fingerprint density at radius 2 is 1.77 bits per heavy atom. The van der Waals surface area contributed by atoms with E-state index in [9.17, 15) is 8.42 Å². The zero-order valence-corrected chi connectivity index (χ0v) is 14.3. The molecule has 0 spiro atoms. The molecule has 1 atom stereocenters. The highest BCUT2D eigenvalue weighted by atomic mass is 32.2. The summed E-state index contributed by atoms with van der Waals surface area (Å²) in [6.07, 6.45) is 4.81. The summed E-state index contributed by atoms with van der Waals surface area (Å²) in [5, 5.41) is 0. The first-order valence-corrected chi connectivity index (χ1v) is 10.2. The molecule has 0 amide bonds. The van der Waals surface area contributed by atoms with E-state index in [2.05, 4.69) is 4.90 Å². The number of ether oxygens (including phenoxy) is 2. The molecule has 0 radical (unpaired) electrons. The second-order valence-electron chi connectivity index (χ2n) is 6.96. The third-order valence-corrected chi connectivity index (χ3v) is 6.42. The first-order valence-electron chi connectivity index (χ1n) is 8.37. The van der Waals surface area contributed by atoms with Crippen LogP contribution in [0.2, 0.25) is 0 Å². The largest absolute Gasteiger partial charge is 0.381 e. The molecule has 0 saturated carbocycles. The molecular formula is C15H28N2O4S. The molecule has 0 N–H and O–H groups in total. The van der Waals surface area contributed by atoms with Gasteiger partial charge in [-0.3, -0.25) is 4.90 Å². The summed E-state index contributed by atoms with van der Waals surface area (Å²) >= 11 is 0. The lowest BCUT2D eigenvalue weighted by molar-refractivity contribution is -0.0380. The Kier molecular flexibility index (Phi) is 5.39. The summed E-state index contributed by atoms with van der Waals surface area (Å²) in [7, 11) is -3.00. The van der Waals surface area contributed by atoms with Crippen molar-refractivity contribution >= 4 is 10.0 Å². The highest BCUT2D eigenvalue weighted by molar-refractivity contribution is 7.88. The molecule has 1 unspecified atom stereocenters. The molecule has 128 valence electrons. The molecule has 3 aliphatic rings. The van der Waals surface area contributed by atoms with E-state index in [4.69, 9.17) is 9.47 Å². The summed E-state index contributed by atoms with van der Waals surface area (Å²) < 4.78 is 35.6. The highest BCUT2D eigenvalue weighted by Gasteiger charge is 2.36. The minimum atomic E-state index is -3.00. The van der Waals surface area contributed by atoms with E-state index in [1.165, 1.54) is 12.7 Å². The zero-order chi connectivity index (χ0) is 15.6. The van der Waals surface area contributed by atoms with Crippen LogP contribution in [0.1, 0.15) is 19.3 Å². The predicted octanol–water partition coefficient (Wildman–Crippen LogP) is 0.395. The maximum Gasteiger partial charge on any atom is 0.211 e. The zero-order valence-electron chi connectivity index (χ0n) is 13.4. The second kappa shape index (κ2) is 7.13. The third kappa shape index (κ3) is 4.20. The van der Waals surface area contributed by atoms with Gasteiger partial charge in [0.1, 0.15) is 0 Å². The molecule has 0 aromatic rings. The maximum absolute atomic E-state index is 11.5. The van der Waals surface area contributed by atoms with Crippen molar-refractivity contribution in [2.24, 2.45) is 11.8 Å². The van der Waals surface area contributed by atoms with Crippen molar-refractivity contribution in [1.82, 2.24) is 9.21 Å². The Morgan fingerprint density at radius 1 is 1.05 bits per heavy atom. The van der Waals surface area contributed by atoms with Crippen molar-refractivity contribution in [2.75, 3.05) is 58.9 Å². The number of nitrogens with zero attached hydrogens (tertiary/aromatic N) is 2. The van der Waals surface area contributed by atoms with Crippen LogP contribution in [0.5, 0.6) is 0 Å². The standard InChI is InChI=1S/C15H28N2O4S/c1-22(18,19)17-10-14(11-17)9-16-4-7-21-12-15(16)8-13-2-5-20-6-3-13/h13-15H,2-12H2,1H3. The summed E-state index contributed by atoms with van der Waals surface area (Å²) in [4.78, 5) is 2.53. The average Bonchev–Trinajstić information content (AvgIpc) is 2.44. The van der Waals surface area contributed by atoms with Crippen molar-refractivity contribution in [3.05, 3.63) is 0 Å². The minimum Gasteiger partial charge on any atom is -0.381 e. The van der Waals surface area contributed by atoms with Crippen LogP contribution in [0.4, 0.5) is 0 Å². The number of rotatable bonds is 5. The summed E-state index contributed by atoms with van der Waals surface area (Å²) in [6.45, 7) is 6.74. The van der Waals surface area contributed by atoms with Crippen molar-refractivity contribution in [3.8, 4) is 0 Å². The lowest BCUT2D eigenvalue weighted by atomic mass is 9.91. The van der Waals surface area contributed by atoms with E-state index in [0.29, 0.717) is 25.0 Å². The van der Waals surface area contributed by atoms with Crippen molar-refractivity contribution < 1.29 is 17.9 Å². The van der Waals surface area contributed by atoms with Gasteiger partial charge in [-0.15, -0.1) is 0 Å². The molecule has 0 aliphatic carbocycles. The van der Waals surface area contributed by atoms with Crippen LogP contribution >= 0.6 is 0 Å². The van der Waals surface area contributed by atoms with Crippen LogP contribution in [0.3, 0.4) is 0 Å². The number of hydrogen-bond acceptors (Lipinski definition) is 5. The quantitative estimate of drug-likeness (QED) is 0.729. The number of morpholine rings is 1. The Morgan fingerprint density at radius 3 is 2.45 bits per heavy atom. The van der Waals surface area contributed by atoms with Gasteiger partial charge in [0.05, 0.1) is 19.5 Å². The van der Waals surface area contributed by atoms with E-state index in [1.807, 2.05) is 0 Å². The van der Waals surface area contributed by atoms with Gasteiger partial charge in [0.25, 0.3) is 0 Å². The number of hydrogen-bond donors (Lipinski definition) is 0. The maximum atomic E-state index is 11.5. The van der Waals surface area contributed by atoms with Gasteiger partial charge in [-0.1, -0.05) is 0 Å². The van der Waals surface area contributed by atoms with E-state index < -0.39 is 10.0 Å². The molecule has 7 heteroatoms. The molecule has 0 aromatic carbocycles. The van der Waals surface area contributed by atoms with Gasteiger partial charge in [-0.2, -0.15) is 0 Å². The predicted molar refractivity (Wildman–Crippen MR) is 84.2 cm³/mol. The SMILES string of the molecule is CS(=O)(=O)N1CC(CN2CCOCC2CC2CCOCC2)C1. The first kappa shape index (κ1) is 16.6. The first-order chi connectivity index (χ1) is 10.5. The lowest BCUT2D eigenvalue weighted by Gasteiger charge is -2.44. The van der Waals surface area contributed by atoms with Gasteiger partial charge >= 0.3 is 0 Å². The Labute approximate surface area is 133 Å². The van der Waals surface area contributed by atoms with Crippen LogP contribution < -0.4 is 0 Å². The Bertz CT molecular complexity index is 458. The minimum absolute atomic E-state index is 0.477. The van der Waals surface area contributed by atoms with Gasteiger partial charge in [0.2, 0.25) is 10.0 Å². The van der Waals surface area contributed by atoms with Gasteiger partial charge in [-0.25, -0.2) is 12.7 Å². The molecule has 3 rings (SSSR count). The fraction of sp³-hybridized carbons (Fsp3) is 1.00. The van der Waals surface area contributed by atoms with Gasteiger partial charge in [0, 0.05) is 45.4 Å². The summed E-state index contributed by atoms with van der Waals surface area (Å²) in [5.41, 5.74) is 0. The van der Waals surface area contributed by atoms with Crippen LogP contribution in [0, 0.1) is 11.8 Å². The lowest BCUT2D eigenvalue weighted by Crippen LogP contribution is -2.56. The third-order valence-electron chi connectivity index (χ3n) is 5.18. The van der Waals surface area contributed by atoms with Gasteiger partial charge in [-0.05, 0) is 31.1 Å². The van der Waals surface area contributed by atoms with Crippen molar-refractivity contribution in [3.63, 3.8) is 0 Å². The van der Waals surface area contributed by atoms with Crippen molar-refractivity contribution in [1.29, 1.82) is 0 Å². The summed E-state index contributed by atoms with van der Waals surface area (Å²) in [6, 6.07) is 0.490. The molecule has 3 aliphatic heterocycles. The van der Waals surface area contributed by atoms with E-state index in [-0.39, 0.29) is 0 Å². The van der Waals surface area contributed by atoms with Gasteiger partial charge < -0.3 is 9.47 Å². The Balaban J connectivity index is 1.48. The fourth-order valence-electron chi connectivity index (χ4n) is 3.75. The highest BCUT2D eigenvalue weighted by Crippen LogP contribution is 2.26. The van der Waals surface area contributed by atoms with E-state index in [1.54, 1.807) is 4.31 Å². The molecule has 3 fully saturated rings. The smallest absolute Gasteiger partial charge is 0.211 e. The van der Waals surface area contributed by atoms with Crippen molar-refractivity contribution in [2.45, 2.75) is 25.3 Å². The fourth-order valence-corrected chi connectivity index (χ4v) is 4.72. The van der Waals surface area contributed by atoms with E-state index in [0.717, 1.165) is 58.3 Å². The Hall–Kier alpha value is -0.210. The molecular weight excluding hydrogens is 304 g/mol. The normalized spacial score (nSPS) is 30.3. The topological polar surface area (TPSA) is 59.1 Å². The molecule has 6 nitrogen and oxygen atoms in total. The average molecular weight is 332 g/mol. The van der Waals surface area contributed by atoms with Crippen LogP contribution in [0.25, 0.3) is 0 Å². The van der Waals surface area contributed by atoms with Crippen LogP contribution in [-0.4, -0.2) is 82.5 Å². The van der Waals surface area contributed by atoms with Crippen LogP contribution in [0.15, 0.2) is 0 Å². The number of sulfonamides is 1. The molecule has 0 aromatic heterocycles. The monoisotopic (exact) mass is 332 g/mol. The van der Waals surface area contributed by atoms with Crippen LogP contribution in [-0.2, 0) is 19.5 Å². The molecule has 3 heterocycles. The molecule has 3 saturated heterocycles. The molecule has 0 bridgehead atoms. The van der Waals surface area contributed by atoms with E-state index >= 15 is 0 Å². The molecule has 22 heavy (non-hydrogen) atoms. The second-order valence-corrected chi connectivity index (χ2v) is 8.94. The van der Waals surface area contributed by atoms with Gasteiger partial charge in [0.15, 0.2) is 0 Å².